The number of nitrogens with zero attached hydrogens (tertiary/aromatic N) is 1. The van der Waals surface area contributed by atoms with Crippen LogP contribution in [0.5, 0.6) is 0 Å². The van der Waals surface area contributed by atoms with Crippen LogP contribution < -0.4 is 16.8 Å². The van der Waals surface area contributed by atoms with Crippen LogP contribution in [0.25, 0.3) is 10.2 Å². The zero-order chi connectivity index (χ0) is 19.3. The fourth-order valence-electron chi connectivity index (χ4n) is 3.41. The Bertz CT molecular complexity index is 1080. The maximum absolute atomic E-state index is 12.9. The van der Waals surface area contributed by atoms with Crippen LogP contribution in [0, 0.1) is 0 Å². The van der Waals surface area contributed by atoms with Crippen molar-refractivity contribution in [1.82, 2.24) is 4.98 Å². The normalized spacial score (nSPS) is 13.3. The molecule has 0 bridgehead atoms. The van der Waals surface area contributed by atoms with E-state index in [-0.39, 0.29) is 5.91 Å². The summed E-state index contributed by atoms with van der Waals surface area (Å²) < 4.78 is 0. The van der Waals surface area contributed by atoms with Crippen LogP contribution in [0.4, 0.5) is 10.7 Å². The largest absolute Gasteiger partial charge is 0.397 e. The number of carbonyl (C=O) groups is 2. The minimum atomic E-state index is -0.503. The number of rotatable bonds is 4. The molecule has 0 fully saturated rings. The summed E-state index contributed by atoms with van der Waals surface area (Å²) in [4.78, 5) is 31.7. The number of fused-ring (bicyclic) bond motifs is 2. The molecule has 5 N–H and O–H groups in total. The molecule has 0 aliphatic heterocycles. The van der Waals surface area contributed by atoms with Gasteiger partial charge in [-0.1, -0.05) is 13.8 Å². The van der Waals surface area contributed by atoms with Crippen LogP contribution in [-0.2, 0) is 12.8 Å². The number of nitrogen functional groups attached to an aromatic ring is 1. The summed E-state index contributed by atoms with van der Waals surface area (Å²) >= 11 is 2.70. The molecule has 140 valence electrons. The SMILES string of the molecule is CC(C)c1ccc2c(N)c(C(=O)Nc3sc4c(c3C(N)=O)CCC4)sc2n1. The Kier molecular flexibility index (Phi) is 4.39. The molecule has 3 aromatic heterocycles. The first kappa shape index (κ1) is 17.9. The summed E-state index contributed by atoms with van der Waals surface area (Å²) in [7, 11) is 0. The zero-order valence-electron chi connectivity index (χ0n) is 15.1. The van der Waals surface area contributed by atoms with Gasteiger partial charge in [-0.3, -0.25) is 9.59 Å². The molecule has 6 nitrogen and oxygen atoms in total. The molecule has 0 spiro atoms. The molecule has 2 amide bonds. The lowest BCUT2D eigenvalue weighted by Gasteiger charge is -2.05. The highest BCUT2D eigenvalue weighted by Crippen LogP contribution is 2.40. The molecule has 0 unspecified atom stereocenters. The Morgan fingerprint density at radius 2 is 2.00 bits per heavy atom. The third-order valence-corrected chi connectivity index (χ3v) is 7.13. The minimum absolute atomic E-state index is 0.293. The smallest absolute Gasteiger partial charge is 0.268 e. The Morgan fingerprint density at radius 3 is 2.70 bits per heavy atom. The summed E-state index contributed by atoms with van der Waals surface area (Å²) in [6.07, 6.45) is 2.76. The molecule has 27 heavy (non-hydrogen) atoms. The van der Waals surface area contributed by atoms with Gasteiger partial charge < -0.3 is 16.8 Å². The van der Waals surface area contributed by atoms with Gasteiger partial charge in [0.2, 0.25) is 0 Å². The first-order valence-electron chi connectivity index (χ1n) is 8.81. The fraction of sp³-hybridized carbons (Fsp3) is 0.316. The third kappa shape index (κ3) is 2.98. The van der Waals surface area contributed by atoms with Crippen molar-refractivity contribution in [3.8, 4) is 0 Å². The van der Waals surface area contributed by atoms with Gasteiger partial charge in [0, 0.05) is 16.0 Å². The second-order valence-corrected chi connectivity index (χ2v) is 9.07. The van der Waals surface area contributed by atoms with Crippen molar-refractivity contribution in [3.05, 3.63) is 38.7 Å². The molecule has 0 atom stereocenters. The monoisotopic (exact) mass is 400 g/mol. The van der Waals surface area contributed by atoms with Gasteiger partial charge in [-0.2, -0.15) is 0 Å². The van der Waals surface area contributed by atoms with E-state index < -0.39 is 5.91 Å². The van der Waals surface area contributed by atoms with E-state index in [2.05, 4.69) is 24.1 Å². The van der Waals surface area contributed by atoms with E-state index in [1.165, 1.54) is 22.7 Å². The van der Waals surface area contributed by atoms with Crippen LogP contribution in [0.2, 0.25) is 0 Å². The van der Waals surface area contributed by atoms with E-state index >= 15 is 0 Å². The molecule has 4 rings (SSSR count). The quantitative estimate of drug-likeness (QED) is 0.616. The van der Waals surface area contributed by atoms with Gasteiger partial charge in [0.15, 0.2) is 0 Å². The predicted octanol–water partition coefficient (Wildman–Crippen LogP) is 3.90. The van der Waals surface area contributed by atoms with Crippen molar-refractivity contribution in [2.45, 2.75) is 39.0 Å². The number of nitrogens with one attached hydrogen (secondary N) is 1. The van der Waals surface area contributed by atoms with Gasteiger partial charge in [-0.05, 0) is 42.9 Å². The Labute approximate surface area is 164 Å². The van der Waals surface area contributed by atoms with Crippen molar-refractivity contribution in [1.29, 1.82) is 0 Å². The van der Waals surface area contributed by atoms with Crippen molar-refractivity contribution in [3.63, 3.8) is 0 Å². The second kappa shape index (κ2) is 6.61. The van der Waals surface area contributed by atoms with Crippen molar-refractivity contribution >= 4 is 55.4 Å². The summed E-state index contributed by atoms with van der Waals surface area (Å²) in [6, 6.07) is 3.85. The molecule has 0 aromatic carbocycles. The minimum Gasteiger partial charge on any atom is -0.397 e. The Hall–Kier alpha value is -2.45. The van der Waals surface area contributed by atoms with Gasteiger partial charge in [-0.15, -0.1) is 22.7 Å². The molecule has 1 aliphatic carbocycles. The van der Waals surface area contributed by atoms with E-state index in [1.54, 1.807) is 0 Å². The Morgan fingerprint density at radius 1 is 1.22 bits per heavy atom. The number of pyridine rings is 1. The fourth-order valence-corrected chi connectivity index (χ4v) is 5.70. The van der Waals surface area contributed by atoms with Crippen LogP contribution >= 0.6 is 22.7 Å². The van der Waals surface area contributed by atoms with Crippen LogP contribution in [0.3, 0.4) is 0 Å². The molecule has 1 aliphatic rings. The maximum Gasteiger partial charge on any atom is 0.268 e. The van der Waals surface area contributed by atoms with E-state index in [0.717, 1.165) is 45.6 Å². The van der Waals surface area contributed by atoms with E-state index in [4.69, 9.17) is 11.5 Å². The molecule has 3 heterocycles. The molecule has 8 heteroatoms. The highest BCUT2D eigenvalue weighted by atomic mass is 32.1. The van der Waals surface area contributed by atoms with Crippen LogP contribution in [0.1, 0.15) is 62.4 Å². The number of thiophene rings is 2. The zero-order valence-corrected chi connectivity index (χ0v) is 16.7. The van der Waals surface area contributed by atoms with Crippen molar-refractivity contribution < 1.29 is 9.59 Å². The second-order valence-electron chi connectivity index (χ2n) is 6.97. The highest BCUT2D eigenvalue weighted by Gasteiger charge is 2.27. The van der Waals surface area contributed by atoms with Crippen LogP contribution in [0.15, 0.2) is 12.1 Å². The van der Waals surface area contributed by atoms with Gasteiger partial charge >= 0.3 is 0 Å². The lowest BCUT2D eigenvalue weighted by Crippen LogP contribution is -2.17. The summed E-state index contributed by atoms with van der Waals surface area (Å²) in [6.45, 7) is 4.14. The highest BCUT2D eigenvalue weighted by molar-refractivity contribution is 7.21. The van der Waals surface area contributed by atoms with E-state index in [9.17, 15) is 9.59 Å². The van der Waals surface area contributed by atoms with Gasteiger partial charge in [0.05, 0.1) is 11.3 Å². The molecule has 0 radical (unpaired) electrons. The molecule has 3 aromatic rings. The molecule has 0 saturated heterocycles. The molecular weight excluding hydrogens is 380 g/mol. The first-order valence-corrected chi connectivity index (χ1v) is 10.4. The number of nitrogens with two attached hydrogens (primary N) is 2. The molecule has 0 saturated carbocycles. The molecular formula is C19H20N4O2S2. The lowest BCUT2D eigenvalue weighted by atomic mass is 10.1. The topological polar surface area (TPSA) is 111 Å². The van der Waals surface area contributed by atoms with Crippen molar-refractivity contribution in [2.75, 3.05) is 11.1 Å². The number of carbonyl (C=O) groups excluding carboxylic acids is 2. The summed E-state index contributed by atoms with van der Waals surface area (Å²) in [5.41, 5.74) is 14.6. The number of amides is 2. The summed E-state index contributed by atoms with van der Waals surface area (Å²) in [5, 5.41) is 4.15. The average molecular weight is 401 g/mol. The number of anilines is 2. The predicted molar refractivity (Wildman–Crippen MR) is 111 cm³/mol. The van der Waals surface area contributed by atoms with Gasteiger partial charge in [0.1, 0.15) is 14.7 Å². The number of aryl methyl sites for hydroxylation is 1. The lowest BCUT2D eigenvalue weighted by molar-refractivity contribution is 0.100. The van der Waals surface area contributed by atoms with Gasteiger partial charge in [0.25, 0.3) is 11.8 Å². The first-order chi connectivity index (χ1) is 12.9. The Balaban J connectivity index is 1.70. The number of hydrogen-bond acceptors (Lipinski definition) is 6. The third-order valence-electron chi connectivity index (χ3n) is 4.81. The number of hydrogen-bond donors (Lipinski definition) is 3. The standard InChI is InChI=1S/C19H20N4O2S2/c1-8(2)11-7-6-10-14(20)15(27-18(10)22-11)17(25)23-19-13(16(21)24)9-4-3-5-12(9)26-19/h6-8H,3-5,20H2,1-2H3,(H2,21,24)(H,23,25). The van der Waals surface area contributed by atoms with Crippen LogP contribution in [-0.4, -0.2) is 16.8 Å². The van der Waals surface area contributed by atoms with E-state index in [0.29, 0.717) is 27.0 Å². The number of primary amides is 1. The van der Waals surface area contributed by atoms with Gasteiger partial charge in [-0.25, -0.2) is 4.98 Å². The average Bonchev–Trinajstić information content (AvgIpc) is 3.27. The number of aromatic nitrogens is 1. The maximum atomic E-state index is 12.9. The summed E-state index contributed by atoms with van der Waals surface area (Å²) in [5.74, 6) is -0.539. The van der Waals surface area contributed by atoms with Crippen molar-refractivity contribution in [2.24, 2.45) is 5.73 Å². The van der Waals surface area contributed by atoms with E-state index in [1.807, 2.05) is 12.1 Å².